The van der Waals surface area contributed by atoms with Gasteiger partial charge in [0, 0.05) is 0 Å². The summed E-state index contributed by atoms with van der Waals surface area (Å²) in [5, 5.41) is 17.2. The average molecular weight is 294 g/mol. The van der Waals surface area contributed by atoms with Crippen molar-refractivity contribution in [2.24, 2.45) is 0 Å². The number of carbonyl (C=O) groups is 2. The van der Waals surface area contributed by atoms with Gasteiger partial charge >= 0.3 is 12.0 Å². The van der Waals surface area contributed by atoms with Crippen molar-refractivity contribution in [2.45, 2.75) is 13.5 Å². The number of rotatable bonds is 4. The van der Waals surface area contributed by atoms with Crippen molar-refractivity contribution < 1.29 is 23.6 Å². The summed E-state index contributed by atoms with van der Waals surface area (Å²) in [6.07, 6.45) is 0. The third-order valence-electron chi connectivity index (χ3n) is 2.43. The molecule has 0 fully saturated rings. The van der Waals surface area contributed by atoms with Gasteiger partial charge in [-0.15, -0.1) is 0 Å². The van der Waals surface area contributed by atoms with Crippen molar-refractivity contribution in [3.05, 3.63) is 41.3 Å². The summed E-state index contributed by atoms with van der Waals surface area (Å²) in [6, 6.07) is 2.35. The molecule has 0 saturated heterocycles. The summed E-state index contributed by atoms with van der Waals surface area (Å²) >= 11 is 0. The molecule has 0 spiro atoms. The Morgan fingerprint density at radius 3 is 2.81 bits per heavy atom. The maximum atomic E-state index is 13.0. The molecule has 0 aliphatic rings. The van der Waals surface area contributed by atoms with Crippen molar-refractivity contribution in [2.75, 3.05) is 5.32 Å². The van der Waals surface area contributed by atoms with E-state index in [2.05, 4.69) is 20.8 Å². The van der Waals surface area contributed by atoms with Crippen LogP contribution in [0.25, 0.3) is 0 Å². The fourth-order valence-electron chi connectivity index (χ4n) is 1.54. The number of carbonyl (C=O) groups excluding carboxylic acids is 1. The fraction of sp³-hybridized carbons (Fsp3) is 0.167. The van der Waals surface area contributed by atoms with Crippen LogP contribution >= 0.6 is 0 Å². The van der Waals surface area contributed by atoms with E-state index in [1.165, 1.54) is 0 Å². The second kappa shape index (κ2) is 5.99. The number of benzene rings is 1. The minimum atomic E-state index is -1.35. The number of aryl methyl sites for hydroxylation is 1. The van der Waals surface area contributed by atoms with Gasteiger partial charge in [0.1, 0.15) is 5.82 Å². The molecule has 0 saturated carbocycles. The summed E-state index contributed by atoms with van der Waals surface area (Å²) < 4.78 is 17.8. The molecule has 21 heavy (non-hydrogen) atoms. The van der Waals surface area contributed by atoms with E-state index in [0.717, 1.165) is 18.2 Å². The molecule has 2 aromatic rings. The van der Waals surface area contributed by atoms with Gasteiger partial charge in [-0.25, -0.2) is 14.0 Å². The first-order valence-corrected chi connectivity index (χ1v) is 5.82. The molecule has 8 nitrogen and oxygen atoms in total. The summed E-state index contributed by atoms with van der Waals surface area (Å²) in [4.78, 5) is 26.5. The highest BCUT2D eigenvalue weighted by atomic mass is 19.1. The normalized spacial score (nSPS) is 10.2. The van der Waals surface area contributed by atoms with Gasteiger partial charge in [-0.05, 0) is 25.1 Å². The third-order valence-corrected chi connectivity index (χ3v) is 2.43. The molecule has 1 heterocycles. The lowest BCUT2D eigenvalue weighted by Crippen LogP contribution is -2.29. The first-order valence-electron chi connectivity index (χ1n) is 5.82. The molecule has 9 heteroatoms. The molecule has 2 amide bonds. The van der Waals surface area contributed by atoms with E-state index in [-0.39, 0.29) is 23.7 Å². The molecule has 2 rings (SSSR count). The lowest BCUT2D eigenvalue weighted by molar-refractivity contribution is 0.0697. The molecule has 0 unspecified atom stereocenters. The predicted octanol–water partition coefficient (Wildman–Crippen LogP) is 1.54. The van der Waals surface area contributed by atoms with Crippen molar-refractivity contribution in [1.29, 1.82) is 0 Å². The Morgan fingerprint density at radius 1 is 1.43 bits per heavy atom. The molecule has 0 atom stereocenters. The zero-order valence-corrected chi connectivity index (χ0v) is 10.9. The minimum Gasteiger partial charge on any atom is -0.478 e. The second-order valence-electron chi connectivity index (χ2n) is 4.04. The van der Waals surface area contributed by atoms with Gasteiger partial charge in [0.15, 0.2) is 5.82 Å². The smallest absolute Gasteiger partial charge is 0.337 e. The fourth-order valence-corrected chi connectivity index (χ4v) is 1.54. The quantitative estimate of drug-likeness (QED) is 0.787. The minimum absolute atomic E-state index is 0.0176. The van der Waals surface area contributed by atoms with Crippen molar-refractivity contribution in [3.63, 3.8) is 0 Å². The number of nitrogens with one attached hydrogen (secondary N) is 2. The highest BCUT2D eigenvalue weighted by Crippen LogP contribution is 2.17. The maximum Gasteiger partial charge on any atom is 0.337 e. The lowest BCUT2D eigenvalue weighted by atomic mass is 10.2. The van der Waals surface area contributed by atoms with E-state index in [1.807, 2.05) is 0 Å². The van der Waals surface area contributed by atoms with Gasteiger partial charge in [0.05, 0.1) is 17.8 Å². The molecule has 0 bridgehead atoms. The Labute approximate surface area is 118 Å². The summed E-state index contributed by atoms with van der Waals surface area (Å²) in [7, 11) is 0. The summed E-state index contributed by atoms with van der Waals surface area (Å²) in [6.45, 7) is 1.61. The Kier molecular flexibility index (Phi) is 4.12. The number of carboxylic acids is 1. The van der Waals surface area contributed by atoms with Crippen LogP contribution in [0.3, 0.4) is 0 Å². The van der Waals surface area contributed by atoms with E-state index >= 15 is 0 Å². The zero-order valence-electron chi connectivity index (χ0n) is 10.9. The standard InChI is InChI=1S/C12H11FN4O4/c1-6-15-10(21-17-6)5-14-12(20)16-9-3-2-7(13)4-8(9)11(18)19/h2-4H,5H2,1H3,(H,18,19)(H2,14,16,20). The molecule has 0 aliphatic carbocycles. The highest BCUT2D eigenvalue weighted by Gasteiger charge is 2.14. The van der Waals surface area contributed by atoms with Gasteiger partial charge in [-0.3, -0.25) is 0 Å². The van der Waals surface area contributed by atoms with E-state index in [0.29, 0.717) is 5.82 Å². The largest absolute Gasteiger partial charge is 0.478 e. The van der Waals surface area contributed by atoms with Gasteiger partial charge < -0.3 is 20.3 Å². The number of hydrogen-bond acceptors (Lipinski definition) is 5. The number of aromatic carboxylic acids is 1. The van der Waals surface area contributed by atoms with Gasteiger partial charge in [0.25, 0.3) is 0 Å². The van der Waals surface area contributed by atoms with Crippen LogP contribution in [0.1, 0.15) is 22.1 Å². The van der Waals surface area contributed by atoms with Crippen molar-refractivity contribution in [3.8, 4) is 0 Å². The first kappa shape index (κ1) is 14.4. The highest BCUT2D eigenvalue weighted by molar-refractivity contribution is 5.99. The SMILES string of the molecule is Cc1noc(CNC(=O)Nc2ccc(F)cc2C(=O)O)n1. The Bertz CT molecular complexity index is 686. The summed E-state index contributed by atoms with van der Waals surface area (Å²) in [5.41, 5.74) is -0.373. The molecule has 3 N–H and O–H groups in total. The van der Waals surface area contributed by atoms with Crippen LogP contribution in [0.5, 0.6) is 0 Å². The predicted molar refractivity (Wildman–Crippen MR) is 68.3 cm³/mol. The molecular weight excluding hydrogens is 283 g/mol. The number of halogens is 1. The van der Waals surface area contributed by atoms with Crippen LogP contribution in [0.4, 0.5) is 14.9 Å². The number of aromatic nitrogens is 2. The van der Waals surface area contributed by atoms with Gasteiger partial charge in [0.2, 0.25) is 5.89 Å². The van der Waals surface area contributed by atoms with Crippen LogP contribution in [-0.2, 0) is 6.54 Å². The molecular formula is C12H11FN4O4. The third kappa shape index (κ3) is 3.75. The molecule has 1 aromatic heterocycles. The lowest BCUT2D eigenvalue weighted by Gasteiger charge is -2.08. The van der Waals surface area contributed by atoms with Crippen LogP contribution in [0, 0.1) is 12.7 Å². The Balaban J connectivity index is 2.01. The Hall–Kier alpha value is -2.97. The molecule has 0 aliphatic heterocycles. The Morgan fingerprint density at radius 2 is 2.19 bits per heavy atom. The van der Waals surface area contributed by atoms with Crippen molar-refractivity contribution >= 4 is 17.7 Å². The van der Waals surface area contributed by atoms with Crippen molar-refractivity contribution in [1.82, 2.24) is 15.5 Å². The van der Waals surface area contributed by atoms with Gasteiger partial charge in [-0.1, -0.05) is 5.16 Å². The number of carboxylic acid groups (broad SMARTS) is 1. The number of urea groups is 1. The molecule has 0 radical (unpaired) electrons. The van der Waals surface area contributed by atoms with E-state index in [1.54, 1.807) is 6.92 Å². The van der Waals surface area contributed by atoms with Crippen LogP contribution < -0.4 is 10.6 Å². The van der Waals surface area contributed by atoms with E-state index in [9.17, 15) is 14.0 Å². The monoisotopic (exact) mass is 294 g/mol. The van der Waals surface area contributed by atoms with E-state index in [4.69, 9.17) is 9.63 Å². The van der Waals surface area contributed by atoms with E-state index < -0.39 is 17.8 Å². The summed E-state index contributed by atoms with van der Waals surface area (Å²) in [5.74, 6) is -1.42. The second-order valence-corrected chi connectivity index (χ2v) is 4.04. The van der Waals surface area contributed by atoms with Crippen LogP contribution in [-0.4, -0.2) is 27.2 Å². The molecule has 1 aromatic carbocycles. The number of hydrogen-bond donors (Lipinski definition) is 3. The number of amides is 2. The van der Waals surface area contributed by atoms with Crippen LogP contribution in [0.2, 0.25) is 0 Å². The topological polar surface area (TPSA) is 117 Å². The number of nitrogens with zero attached hydrogens (tertiary/aromatic N) is 2. The average Bonchev–Trinajstić information content (AvgIpc) is 2.84. The zero-order chi connectivity index (χ0) is 15.4. The first-order chi connectivity index (χ1) is 9.95. The molecule has 110 valence electrons. The number of anilines is 1. The van der Waals surface area contributed by atoms with Crippen LogP contribution in [0.15, 0.2) is 22.7 Å². The van der Waals surface area contributed by atoms with Gasteiger partial charge in [-0.2, -0.15) is 4.98 Å². The maximum absolute atomic E-state index is 13.0.